The van der Waals surface area contributed by atoms with E-state index in [1.807, 2.05) is 55.5 Å². The molecule has 3 aromatic rings. The zero-order chi connectivity index (χ0) is 27.1. The number of benzene rings is 3. The number of hydrogen-bond donors (Lipinski definition) is 0. The van der Waals surface area contributed by atoms with E-state index in [-0.39, 0.29) is 18.5 Å². The van der Waals surface area contributed by atoms with Gasteiger partial charge in [0, 0.05) is 6.42 Å². The Morgan fingerprint density at radius 1 is 0.949 bits per heavy atom. The predicted molar refractivity (Wildman–Crippen MR) is 143 cm³/mol. The van der Waals surface area contributed by atoms with Gasteiger partial charge in [0.1, 0.15) is 12.3 Å². The number of hydrazone groups is 1. The lowest BCUT2D eigenvalue weighted by molar-refractivity contribution is -0.135. The molecule has 3 atom stereocenters. The van der Waals surface area contributed by atoms with Crippen molar-refractivity contribution in [2.75, 3.05) is 18.6 Å². The number of aryl methyl sites for hydroxylation is 1. The van der Waals surface area contributed by atoms with Crippen LogP contribution in [0.3, 0.4) is 0 Å². The second kappa shape index (κ2) is 9.79. The highest BCUT2D eigenvalue weighted by molar-refractivity contribution is 6.25. The number of methoxy groups -OCH3 is 1. The maximum atomic E-state index is 13.7. The predicted octanol–water partition coefficient (Wildman–Crippen LogP) is 3.67. The van der Waals surface area contributed by atoms with Crippen LogP contribution in [-0.4, -0.2) is 59.2 Å². The molecule has 10 heteroatoms. The number of carbonyl (C=O) groups excluding carboxylic acids is 3. The second-order valence-corrected chi connectivity index (χ2v) is 9.68. The third-order valence-electron chi connectivity index (χ3n) is 7.22. The summed E-state index contributed by atoms with van der Waals surface area (Å²) in [5.41, 5.74) is 4.22. The molecule has 3 heterocycles. The first kappa shape index (κ1) is 24.5. The zero-order valence-corrected chi connectivity index (χ0v) is 21.5. The maximum Gasteiger partial charge on any atom is 0.264 e. The molecule has 196 valence electrons. The summed E-state index contributed by atoms with van der Waals surface area (Å²) in [6.45, 7) is 1.77. The Labute approximate surface area is 225 Å². The number of fused-ring (bicyclic) bond motifs is 1. The summed E-state index contributed by atoms with van der Waals surface area (Å²) in [5, 5.41) is 15.6. The number of nitrogens with zero attached hydrogens (tertiary/aromatic N) is 6. The third-order valence-corrected chi connectivity index (χ3v) is 7.22. The Bertz CT molecular complexity index is 1490. The first-order valence-corrected chi connectivity index (χ1v) is 12.7. The molecule has 39 heavy (non-hydrogen) atoms. The molecule has 1 saturated heterocycles. The van der Waals surface area contributed by atoms with E-state index < -0.39 is 23.9 Å². The van der Waals surface area contributed by atoms with E-state index in [1.54, 1.807) is 37.4 Å². The molecule has 0 radical (unpaired) electrons. The fraction of sp³-hybridized carbons (Fsp3) is 0.241. The van der Waals surface area contributed by atoms with Crippen LogP contribution in [0.15, 0.2) is 94.3 Å². The average molecular weight is 523 g/mol. The van der Waals surface area contributed by atoms with Crippen molar-refractivity contribution < 1.29 is 19.1 Å². The molecular formula is C29H26N6O4. The highest BCUT2D eigenvalue weighted by atomic mass is 16.5. The number of carbonyl (C=O) groups is 3. The summed E-state index contributed by atoms with van der Waals surface area (Å²) in [7, 11) is 1.60. The fourth-order valence-electron chi connectivity index (χ4n) is 5.14. The molecule has 0 aromatic heterocycles. The standard InChI is InChI=1S/C29H26N6O4/c1-18-8-10-19(11-9-18)23-16-24(20-12-14-22(39-2)15-13-20)35(31-23)25(36)17-33-27-26(30-32-33)28(37)34(29(27)38)21-6-4-3-5-7-21/h3-15,24,26-27H,16-17H2,1-2H3/t24-,26+,27-/m1/s1. The molecule has 10 nitrogen and oxygen atoms in total. The van der Waals surface area contributed by atoms with Crippen LogP contribution in [0.25, 0.3) is 0 Å². The number of para-hydroxylation sites is 1. The number of ether oxygens (including phenoxy) is 1. The van der Waals surface area contributed by atoms with E-state index in [0.717, 1.165) is 27.3 Å². The van der Waals surface area contributed by atoms with Gasteiger partial charge in [-0.2, -0.15) is 10.2 Å². The van der Waals surface area contributed by atoms with Gasteiger partial charge in [0.05, 0.1) is 24.6 Å². The summed E-state index contributed by atoms with van der Waals surface area (Å²) in [4.78, 5) is 41.1. The van der Waals surface area contributed by atoms with Crippen molar-refractivity contribution in [2.24, 2.45) is 15.4 Å². The van der Waals surface area contributed by atoms with Crippen LogP contribution in [0.1, 0.15) is 29.2 Å². The first-order valence-electron chi connectivity index (χ1n) is 12.7. The lowest BCUT2D eigenvalue weighted by atomic mass is 9.98. The van der Waals surface area contributed by atoms with Gasteiger partial charge in [0.25, 0.3) is 17.7 Å². The smallest absolute Gasteiger partial charge is 0.264 e. The monoisotopic (exact) mass is 522 g/mol. The molecule has 3 aliphatic heterocycles. The van der Waals surface area contributed by atoms with Gasteiger partial charge in [-0.1, -0.05) is 65.4 Å². The van der Waals surface area contributed by atoms with Crippen LogP contribution < -0.4 is 9.64 Å². The van der Waals surface area contributed by atoms with Crippen LogP contribution in [0, 0.1) is 6.92 Å². The number of rotatable bonds is 6. The summed E-state index contributed by atoms with van der Waals surface area (Å²) in [5.74, 6) is -0.543. The van der Waals surface area contributed by atoms with Gasteiger partial charge in [-0.25, -0.2) is 9.91 Å². The molecule has 0 spiro atoms. The van der Waals surface area contributed by atoms with Crippen molar-refractivity contribution in [2.45, 2.75) is 31.5 Å². The van der Waals surface area contributed by atoms with Crippen molar-refractivity contribution in [1.29, 1.82) is 0 Å². The van der Waals surface area contributed by atoms with E-state index in [4.69, 9.17) is 9.84 Å². The van der Waals surface area contributed by atoms with Gasteiger partial charge in [-0.05, 0) is 42.3 Å². The van der Waals surface area contributed by atoms with Crippen molar-refractivity contribution >= 4 is 29.1 Å². The molecular weight excluding hydrogens is 496 g/mol. The lowest BCUT2D eigenvalue weighted by Crippen LogP contribution is -2.44. The highest BCUT2D eigenvalue weighted by Gasteiger charge is 2.55. The number of anilines is 1. The third kappa shape index (κ3) is 4.33. The minimum atomic E-state index is -0.979. The Balaban J connectivity index is 1.26. The van der Waals surface area contributed by atoms with E-state index in [2.05, 4.69) is 10.3 Å². The van der Waals surface area contributed by atoms with E-state index in [0.29, 0.717) is 17.9 Å². The van der Waals surface area contributed by atoms with Crippen LogP contribution in [0.5, 0.6) is 5.75 Å². The van der Waals surface area contributed by atoms with Gasteiger partial charge in [0.15, 0.2) is 12.1 Å². The van der Waals surface area contributed by atoms with Crippen LogP contribution in [0.2, 0.25) is 0 Å². The Kier molecular flexibility index (Phi) is 6.14. The molecule has 0 saturated carbocycles. The highest BCUT2D eigenvalue weighted by Crippen LogP contribution is 2.35. The minimum Gasteiger partial charge on any atom is -0.497 e. The van der Waals surface area contributed by atoms with Crippen molar-refractivity contribution in [3.63, 3.8) is 0 Å². The largest absolute Gasteiger partial charge is 0.497 e. The number of amides is 3. The van der Waals surface area contributed by atoms with Gasteiger partial charge in [-0.15, -0.1) is 0 Å². The quantitative estimate of drug-likeness (QED) is 0.459. The van der Waals surface area contributed by atoms with Crippen molar-refractivity contribution in [3.8, 4) is 5.75 Å². The molecule has 3 aromatic carbocycles. The Morgan fingerprint density at radius 3 is 2.36 bits per heavy atom. The van der Waals surface area contributed by atoms with Crippen LogP contribution in [0.4, 0.5) is 5.69 Å². The van der Waals surface area contributed by atoms with Gasteiger partial charge >= 0.3 is 0 Å². The number of imide groups is 1. The minimum absolute atomic E-state index is 0.246. The Hall–Kier alpha value is -4.86. The van der Waals surface area contributed by atoms with Gasteiger partial charge in [-0.3, -0.25) is 19.4 Å². The van der Waals surface area contributed by atoms with E-state index in [1.165, 1.54) is 10.0 Å². The molecule has 3 aliphatic rings. The number of hydrogen-bond acceptors (Lipinski definition) is 8. The van der Waals surface area contributed by atoms with Crippen LogP contribution >= 0.6 is 0 Å². The fourth-order valence-corrected chi connectivity index (χ4v) is 5.14. The molecule has 0 aliphatic carbocycles. The summed E-state index contributed by atoms with van der Waals surface area (Å²) >= 11 is 0. The van der Waals surface area contributed by atoms with Crippen LogP contribution in [-0.2, 0) is 14.4 Å². The van der Waals surface area contributed by atoms with Crippen molar-refractivity contribution in [3.05, 3.63) is 95.6 Å². The molecule has 0 N–H and O–H groups in total. The summed E-state index contributed by atoms with van der Waals surface area (Å²) in [6.07, 6.45) is 0.522. The Morgan fingerprint density at radius 2 is 1.67 bits per heavy atom. The second-order valence-electron chi connectivity index (χ2n) is 9.68. The van der Waals surface area contributed by atoms with Crippen molar-refractivity contribution in [1.82, 2.24) is 10.0 Å². The molecule has 0 bridgehead atoms. The molecule has 0 unspecified atom stereocenters. The normalized spacial score (nSPS) is 21.9. The zero-order valence-electron chi connectivity index (χ0n) is 21.5. The SMILES string of the molecule is COc1ccc([C@H]2CC(c3ccc(C)cc3)=NN2C(=O)CN2N=N[C@@H]3C(=O)N(c4ccccc4)C(=O)[C@@H]32)cc1. The summed E-state index contributed by atoms with van der Waals surface area (Å²) in [6, 6.07) is 21.9. The summed E-state index contributed by atoms with van der Waals surface area (Å²) < 4.78 is 5.29. The lowest BCUT2D eigenvalue weighted by Gasteiger charge is -2.25. The average Bonchev–Trinajstić information content (AvgIpc) is 3.65. The van der Waals surface area contributed by atoms with E-state index >= 15 is 0 Å². The molecule has 6 rings (SSSR count). The van der Waals surface area contributed by atoms with Gasteiger partial charge < -0.3 is 4.74 Å². The first-order chi connectivity index (χ1) is 18.9. The molecule has 3 amide bonds. The maximum absolute atomic E-state index is 13.7. The van der Waals surface area contributed by atoms with E-state index in [9.17, 15) is 14.4 Å². The van der Waals surface area contributed by atoms with Gasteiger partial charge in [0.2, 0.25) is 0 Å². The molecule has 1 fully saturated rings. The topological polar surface area (TPSA) is 107 Å².